The minimum Gasteiger partial charge on any atom is -0.377 e. The topological polar surface area (TPSA) is 12.0 Å². The molecule has 4 rings (SSSR count). The van der Waals surface area contributed by atoms with Crippen LogP contribution < -0.4 is 5.32 Å². The van der Waals surface area contributed by atoms with Crippen LogP contribution in [0.25, 0.3) is 0 Å². The second kappa shape index (κ2) is 5.43. The maximum atomic E-state index is 6.29. The fraction of sp³-hybridized carbons (Fsp3) is 0.263. The molecule has 0 fully saturated rings. The third-order valence-electron chi connectivity index (χ3n) is 4.86. The summed E-state index contributed by atoms with van der Waals surface area (Å²) in [4.78, 5) is 0. The van der Waals surface area contributed by atoms with Crippen LogP contribution in [0.15, 0.2) is 53.0 Å². The van der Waals surface area contributed by atoms with E-state index < -0.39 is 0 Å². The molecule has 3 heteroatoms. The van der Waals surface area contributed by atoms with Crippen molar-refractivity contribution in [3.05, 3.63) is 74.7 Å². The second-order valence-corrected chi connectivity index (χ2v) is 7.57. The highest BCUT2D eigenvalue weighted by atomic mass is 79.9. The van der Waals surface area contributed by atoms with Crippen LogP contribution in [0.5, 0.6) is 0 Å². The Kier molecular flexibility index (Phi) is 3.54. The lowest BCUT2D eigenvalue weighted by molar-refractivity contribution is 0.425. The van der Waals surface area contributed by atoms with Gasteiger partial charge in [-0.2, -0.15) is 0 Å². The van der Waals surface area contributed by atoms with Crippen molar-refractivity contribution in [3.63, 3.8) is 0 Å². The molecular weight excluding hydrogens is 358 g/mol. The lowest BCUT2D eigenvalue weighted by Crippen LogP contribution is -2.29. The van der Waals surface area contributed by atoms with Crippen molar-refractivity contribution >= 4 is 33.2 Å². The first kappa shape index (κ1) is 14.3. The summed E-state index contributed by atoms with van der Waals surface area (Å²) in [6.07, 6.45) is 5.78. The van der Waals surface area contributed by atoms with Gasteiger partial charge >= 0.3 is 0 Å². The number of fused-ring (bicyclic) bond motifs is 3. The third-order valence-corrected chi connectivity index (χ3v) is 5.61. The van der Waals surface area contributed by atoms with Crippen LogP contribution in [0.1, 0.15) is 35.1 Å². The summed E-state index contributed by atoms with van der Waals surface area (Å²) >= 11 is 9.81. The summed E-state index contributed by atoms with van der Waals surface area (Å²) < 4.78 is 1.12. The maximum absolute atomic E-state index is 6.29. The van der Waals surface area contributed by atoms with E-state index in [0.29, 0.717) is 17.9 Å². The highest BCUT2D eigenvalue weighted by molar-refractivity contribution is 9.10. The van der Waals surface area contributed by atoms with Crippen LogP contribution in [-0.4, -0.2) is 0 Å². The van der Waals surface area contributed by atoms with Gasteiger partial charge in [0.1, 0.15) is 0 Å². The average Bonchev–Trinajstić information content (AvgIpc) is 2.97. The van der Waals surface area contributed by atoms with Gasteiger partial charge in [0.2, 0.25) is 0 Å². The number of hydrogen-bond acceptors (Lipinski definition) is 1. The molecule has 0 amide bonds. The molecule has 2 aromatic carbocycles. The van der Waals surface area contributed by atoms with Crippen LogP contribution in [0.3, 0.4) is 0 Å². The zero-order valence-corrected chi connectivity index (χ0v) is 14.7. The van der Waals surface area contributed by atoms with Crippen molar-refractivity contribution < 1.29 is 0 Å². The minimum absolute atomic E-state index is 0.348. The highest BCUT2D eigenvalue weighted by Crippen LogP contribution is 2.51. The molecular formula is C19H17BrClN. The summed E-state index contributed by atoms with van der Waals surface area (Å²) in [6, 6.07) is 13.2. The zero-order chi connectivity index (χ0) is 15.3. The second-order valence-electron chi connectivity index (χ2n) is 6.21. The van der Waals surface area contributed by atoms with E-state index in [2.05, 4.69) is 70.7 Å². The molecule has 2 aliphatic rings. The Morgan fingerprint density at radius 1 is 1.18 bits per heavy atom. The van der Waals surface area contributed by atoms with Crippen LogP contribution in [-0.2, 0) is 0 Å². The predicted octanol–water partition coefficient (Wildman–Crippen LogP) is 6.24. The van der Waals surface area contributed by atoms with Gasteiger partial charge in [-0.15, -0.1) is 0 Å². The van der Waals surface area contributed by atoms with Crippen molar-refractivity contribution in [2.45, 2.75) is 25.3 Å². The summed E-state index contributed by atoms with van der Waals surface area (Å²) in [6.45, 7) is 2.13. The lowest BCUT2D eigenvalue weighted by Gasteiger charge is -2.38. The number of hydrogen-bond donors (Lipinski definition) is 1. The van der Waals surface area contributed by atoms with Crippen molar-refractivity contribution in [1.29, 1.82) is 0 Å². The molecule has 0 saturated heterocycles. The lowest BCUT2D eigenvalue weighted by atomic mass is 9.76. The molecule has 1 aliphatic heterocycles. The minimum atomic E-state index is 0.348. The van der Waals surface area contributed by atoms with Gasteiger partial charge in [0, 0.05) is 21.1 Å². The van der Waals surface area contributed by atoms with Gasteiger partial charge in [0.15, 0.2) is 0 Å². The summed E-state index contributed by atoms with van der Waals surface area (Å²) in [7, 11) is 0. The Morgan fingerprint density at radius 2 is 1.95 bits per heavy atom. The number of nitrogens with one attached hydrogen (secondary N) is 1. The number of anilines is 1. The van der Waals surface area contributed by atoms with E-state index in [4.69, 9.17) is 11.6 Å². The van der Waals surface area contributed by atoms with Crippen LogP contribution in [0.4, 0.5) is 5.69 Å². The standard InChI is InChI=1S/C19H17BrClN/c1-11-9-14(21)10-17-15-3-2-4-16(15)19(22-18(11)17)12-5-7-13(20)8-6-12/h2-3,5-10,15-16,19,22H,4H2,1H3/t15-,16+,19+/m0/s1. The quantitative estimate of drug-likeness (QED) is 0.583. The molecule has 1 heterocycles. The number of halogens is 2. The molecule has 0 radical (unpaired) electrons. The Bertz CT molecular complexity index is 751. The van der Waals surface area contributed by atoms with E-state index in [9.17, 15) is 0 Å². The van der Waals surface area contributed by atoms with Gasteiger partial charge in [-0.1, -0.05) is 51.8 Å². The molecule has 22 heavy (non-hydrogen) atoms. The number of benzene rings is 2. The van der Waals surface area contributed by atoms with Crippen LogP contribution in [0.2, 0.25) is 5.02 Å². The summed E-state index contributed by atoms with van der Waals surface area (Å²) in [5, 5.41) is 4.62. The first-order valence-corrected chi connectivity index (χ1v) is 8.79. The van der Waals surface area contributed by atoms with Crippen LogP contribution >= 0.6 is 27.5 Å². The number of allylic oxidation sites excluding steroid dienone is 2. The van der Waals surface area contributed by atoms with Crippen molar-refractivity contribution in [2.75, 3.05) is 5.32 Å². The monoisotopic (exact) mass is 373 g/mol. The molecule has 1 N–H and O–H groups in total. The number of rotatable bonds is 1. The van der Waals surface area contributed by atoms with Crippen LogP contribution in [0, 0.1) is 12.8 Å². The summed E-state index contributed by atoms with van der Waals surface area (Å²) in [5.41, 5.74) is 5.17. The average molecular weight is 375 g/mol. The SMILES string of the molecule is Cc1cc(Cl)cc2c1N[C@H](c1ccc(Br)cc1)[C@@H]1CC=C[C@H]21. The predicted molar refractivity (Wildman–Crippen MR) is 96.7 cm³/mol. The molecule has 0 aromatic heterocycles. The molecule has 3 atom stereocenters. The van der Waals surface area contributed by atoms with Gasteiger partial charge < -0.3 is 5.32 Å². The van der Waals surface area contributed by atoms with Gasteiger partial charge in [0.05, 0.1) is 6.04 Å². The molecule has 0 spiro atoms. The van der Waals surface area contributed by atoms with Gasteiger partial charge in [-0.05, 0) is 60.2 Å². The normalized spacial score (nSPS) is 25.5. The first-order chi connectivity index (χ1) is 10.6. The first-order valence-electron chi connectivity index (χ1n) is 7.62. The molecule has 2 aromatic rings. The highest BCUT2D eigenvalue weighted by Gasteiger charge is 2.38. The van der Waals surface area contributed by atoms with E-state index in [0.717, 1.165) is 15.9 Å². The molecule has 112 valence electrons. The van der Waals surface area contributed by atoms with Gasteiger partial charge in [-0.3, -0.25) is 0 Å². The zero-order valence-electron chi connectivity index (χ0n) is 12.3. The Balaban J connectivity index is 1.82. The van der Waals surface area contributed by atoms with E-state index in [1.165, 1.54) is 22.4 Å². The van der Waals surface area contributed by atoms with Gasteiger partial charge in [0.25, 0.3) is 0 Å². The Labute approximate surface area is 144 Å². The maximum Gasteiger partial charge on any atom is 0.0554 e. The molecule has 0 bridgehead atoms. The van der Waals surface area contributed by atoms with Crippen molar-refractivity contribution in [1.82, 2.24) is 0 Å². The molecule has 1 nitrogen and oxygen atoms in total. The van der Waals surface area contributed by atoms with E-state index in [1.807, 2.05) is 6.07 Å². The Hall–Kier alpha value is -1.25. The number of aryl methyl sites for hydroxylation is 1. The fourth-order valence-electron chi connectivity index (χ4n) is 3.84. The van der Waals surface area contributed by atoms with Crippen molar-refractivity contribution in [3.8, 4) is 0 Å². The largest absolute Gasteiger partial charge is 0.377 e. The van der Waals surface area contributed by atoms with Crippen molar-refractivity contribution in [2.24, 2.45) is 5.92 Å². The summed E-state index contributed by atoms with van der Waals surface area (Å²) in [5.74, 6) is 1.02. The third kappa shape index (κ3) is 2.29. The fourth-order valence-corrected chi connectivity index (χ4v) is 4.39. The van der Waals surface area contributed by atoms with E-state index in [1.54, 1.807) is 0 Å². The van der Waals surface area contributed by atoms with E-state index in [-0.39, 0.29) is 0 Å². The smallest absolute Gasteiger partial charge is 0.0554 e. The molecule has 0 saturated carbocycles. The molecule has 0 unspecified atom stereocenters. The van der Waals surface area contributed by atoms with E-state index >= 15 is 0 Å². The Morgan fingerprint density at radius 3 is 2.73 bits per heavy atom. The van der Waals surface area contributed by atoms with Gasteiger partial charge in [-0.25, -0.2) is 0 Å². The molecule has 1 aliphatic carbocycles.